The molecule has 1 amide bonds. The van der Waals surface area contributed by atoms with E-state index in [0.717, 1.165) is 11.3 Å². The summed E-state index contributed by atoms with van der Waals surface area (Å²) < 4.78 is 5.44. The minimum Gasteiger partial charge on any atom is -0.492 e. The van der Waals surface area contributed by atoms with Gasteiger partial charge in [0.05, 0.1) is 5.60 Å². The van der Waals surface area contributed by atoms with Crippen LogP contribution in [0.4, 0.5) is 0 Å². The second-order valence-corrected chi connectivity index (χ2v) is 4.93. The van der Waals surface area contributed by atoms with Crippen molar-refractivity contribution in [2.75, 3.05) is 13.2 Å². The van der Waals surface area contributed by atoms with E-state index in [0.29, 0.717) is 6.61 Å². The van der Waals surface area contributed by atoms with Gasteiger partial charge in [0.1, 0.15) is 18.3 Å². The van der Waals surface area contributed by atoms with E-state index in [2.05, 4.69) is 5.32 Å². The van der Waals surface area contributed by atoms with Gasteiger partial charge in [0.15, 0.2) is 0 Å². The molecule has 0 radical (unpaired) electrons. The summed E-state index contributed by atoms with van der Waals surface area (Å²) in [5.41, 5.74) is 0.0232. The Bertz CT molecular complexity index is 423. The van der Waals surface area contributed by atoms with Crippen LogP contribution in [0.5, 0.6) is 5.75 Å². The van der Waals surface area contributed by atoms with Crippen LogP contribution in [0.15, 0.2) is 24.3 Å². The van der Waals surface area contributed by atoms with Crippen molar-refractivity contribution >= 4 is 5.91 Å². The highest BCUT2D eigenvalue weighted by molar-refractivity contribution is 5.85. The molecule has 1 heterocycles. The first kappa shape index (κ1) is 11.9. The summed E-state index contributed by atoms with van der Waals surface area (Å²) >= 11 is 0. The van der Waals surface area contributed by atoms with Crippen LogP contribution in [-0.2, 0) is 4.79 Å². The molecule has 0 spiro atoms. The van der Waals surface area contributed by atoms with Gasteiger partial charge < -0.3 is 15.2 Å². The molecule has 0 aromatic heterocycles. The number of hydrogen-bond donors (Lipinski definition) is 2. The second kappa shape index (κ2) is 4.37. The zero-order valence-corrected chi connectivity index (χ0v) is 10.1. The Morgan fingerprint density at radius 3 is 2.94 bits per heavy atom. The topological polar surface area (TPSA) is 58.6 Å². The molecule has 4 heteroatoms. The third kappa shape index (κ3) is 2.77. The van der Waals surface area contributed by atoms with Crippen molar-refractivity contribution in [3.8, 4) is 5.75 Å². The maximum absolute atomic E-state index is 12.0. The van der Waals surface area contributed by atoms with Crippen LogP contribution < -0.4 is 10.1 Å². The highest BCUT2D eigenvalue weighted by Crippen LogP contribution is 2.33. The van der Waals surface area contributed by atoms with E-state index in [1.54, 1.807) is 13.8 Å². The molecule has 4 nitrogen and oxygen atoms in total. The monoisotopic (exact) mass is 235 g/mol. The number of rotatable bonds is 3. The molecule has 0 bridgehead atoms. The van der Waals surface area contributed by atoms with E-state index in [-0.39, 0.29) is 18.4 Å². The van der Waals surface area contributed by atoms with E-state index in [9.17, 15) is 9.90 Å². The molecule has 1 aliphatic heterocycles. The fourth-order valence-electron chi connectivity index (χ4n) is 1.81. The molecule has 17 heavy (non-hydrogen) atoms. The lowest BCUT2D eigenvalue weighted by atomic mass is 10.00. The van der Waals surface area contributed by atoms with Gasteiger partial charge in [-0.05, 0) is 19.9 Å². The van der Waals surface area contributed by atoms with Gasteiger partial charge in [0, 0.05) is 12.1 Å². The first-order valence-corrected chi connectivity index (χ1v) is 5.69. The van der Waals surface area contributed by atoms with Crippen molar-refractivity contribution < 1.29 is 14.6 Å². The highest BCUT2D eigenvalue weighted by atomic mass is 16.5. The molecule has 0 fully saturated rings. The molecule has 2 N–H and O–H groups in total. The normalized spacial score (nSPS) is 18.4. The fourth-order valence-corrected chi connectivity index (χ4v) is 1.81. The van der Waals surface area contributed by atoms with E-state index in [4.69, 9.17) is 4.74 Å². The summed E-state index contributed by atoms with van der Waals surface area (Å²) in [5.74, 6) is 0.404. The number of amides is 1. The third-order valence-electron chi connectivity index (χ3n) is 2.71. The molecule has 0 aliphatic carbocycles. The number of benzene rings is 1. The predicted octanol–water partition coefficient (Wildman–Crippen LogP) is 1.05. The molecular formula is C13H17NO3. The standard InChI is InChI=1S/C13H17NO3/c1-13(2,16)8-14-12(15)10-7-17-11-6-4-3-5-9(10)11/h3-6,10,16H,7-8H2,1-2H3,(H,14,15). The summed E-state index contributed by atoms with van der Waals surface area (Å²) in [5, 5.41) is 12.3. The largest absolute Gasteiger partial charge is 0.492 e. The molecule has 92 valence electrons. The van der Waals surface area contributed by atoms with Crippen molar-refractivity contribution in [2.24, 2.45) is 0 Å². The average Bonchev–Trinajstić information content (AvgIpc) is 2.68. The van der Waals surface area contributed by atoms with E-state index in [1.165, 1.54) is 0 Å². The molecule has 0 saturated heterocycles. The van der Waals surface area contributed by atoms with Crippen molar-refractivity contribution in [1.82, 2.24) is 5.32 Å². The van der Waals surface area contributed by atoms with E-state index in [1.807, 2.05) is 24.3 Å². The predicted molar refractivity (Wildman–Crippen MR) is 64.0 cm³/mol. The van der Waals surface area contributed by atoms with Crippen molar-refractivity contribution in [3.63, 3.8) is 0 Å². The summed E-state index contributed by atoms with van der Waals surface area (Å²) in [6.07, 6.45) is 0. The third-order valence-corrected chi connectivity index (χ3v) is 2.71. The van der Waals surface area contributed by atoms with E-state index >= 15 is 0 Å². The first-order chi connectivity index (χ1) is 7.97. The van der Waals surface area contributed by atoms with Crippen LogP contribution in [0.2, 0.25) is 0 Å². The fraction of sp³-hybridized carbons (Fsp3) is 0.462. The zero-order chi connectivity index (χ0) is 12.5. The van der Waals surface area contributed by atoms with Gasteiger partial charge in [-0.15, -0.1) is 0 Å². The van der Waals surface area contributed by atoms with Crippen molar-refractivity contribution in [3.05, 3.63) is 29.8 Å². The minimum atomic E-state index is -0.894. The van der Waals surface area contributed by atoms with Crippen LogP contribution in [0.25, 0.3) is 0 Å². The SMILES string of the molecule is CC(C)(O)CNC(=O)C1COc2ccccc21. The number of fused-ring (bicyclic) bond motifs is 1. The summed E-state index contributed by atoms with van der Waals surface area (Å²) in [7, 11) is 0. The summed E-state index contributed by atoms with van der Waals surface area (Å²) in [6, 6.07) is 7.54. The number of para-hydroxylation sites is 1. The number of ether oxygens (including phenoxy) is 1. The Kier molecular flexibility index (Phi) is 3.07. The van der Waals surface area contributed by atoms with Crippen LogP contribution >= 0.6 is 0 Å². The Labute approximate surface area is 101 Å². The van der Waals surface area contributed by atoms with Gasteiger partial charge in [-0.1, -0.05) is 18.2 Å². The van der Waals surface area contributed by atoms with Gasteiger partial charge >= 0.3 is 0 Å². The first-order valence-electron chi connectivity index (χ1n) is 5.69. The number of hydrogen-bond acceptors (Lipinski definition) is 3. The van der Waals surface area contributed by atoms with Crippen LogP contribution in [-0.4, -0.2) is 29.8 Å². The van der Waals surface area contributed by atoms with Crippen LogP contribution in [0, 0.1) is 0 Å². The van der Waals surface area contributed by atoms with Gasteiger partial charge in [-0.3, -0.25) is 4.79 Å². The average molecular weight is 235 g/mol. The van der Waals surface area contributed by atoms with Gasteiger partial charge in [-0.25, -0.2) is 0 Å². The zero-order valence-electron chi connectivity index (χ0n) is 10.1. The van der Waals surface area contributed by atoms with E-state index < -0.39 is 5.60 Å². The molecule has 1 aromatic carbocycles. The molecule has 1 aromatic rings. The Morgan fingerprint density at radius 2 is 2.24 bits per heavy atom. The van der Waals surface area contributed by atoms with Crippen LogP contribution in [0.3, 0.4) is 0 Å². The molecule has 1 unspecified atom stereocenters. The molecule has 2 rings (SSSR count). The quantitative estimate of drug-likeness (QED) is 0.823. The maximum atomic E-state index is 12.0. The number of carbonyl (C=O) groups excluding carboxylic acids is 1. The summed E-state index contributed by atoms with van der Waals surface area (Å²) in [4.78, 5) is 12.0. The molecule has 1 aliphatic rings. The number of nitrogens with one attached hydrogen (secondary N) is 1. The van der Waals surface area contributed by atoms with Crippen molar-refractivity contribution in [2.45, 2.75) is 25.4 Å². The second-order valence-electron chi connectivity index (χ2n) is 4.93. The summed E-state index contributed by atoms with van der Waals surface area (Å²) in [6.45, 7) is 3.93. The van der Waals surface area contributed by atoms with Gasteiger partial charge in [0.2, 0.25) is 5.91 Å². The molecule has 1 atom stereocenters. The number of carbonyl (C=O) groups is 1. The lowest BCUT2D eigenvalue weighted by Crippen LogP contribution is -2.40. The highest BCUT2D eigenvalue weighted by Gasteiger charge is 2.30. The lowest BCUT2D eigenvalue weighted by Gasteiger charge is -2.19. The maximum Gasteiger partial charge on any atom is 0.231 e. The van der Waals surface area contributed by atoms with Gasteiger partial charge in [-0.2, -0.15) is 0 Å². The van der Waals surface area contributed by atoms with Crippen molar-refractivity contribution in [1.29, 1.82) is 0 Å². The Balaban J connectivity index is 2.03. The Morgan fingerprint density at radius 1 is 1.53 bits per heavy atom. The molecule has 0 saturated carbocycles. The molecular weight excluding hydrogens is 218 g/mol. The Hall–Kier alpha value is -1.55. The lowest BCUT2D eigenvalue weighted by molar-refractivity contribution is -0.123. The van der Waals surface area contributed by atoms with Crippen LogP contribution in [0.1, 0.15) is 25.3 Å². The number of aliphatic hydroxyl groups is 1. The minimum absolute atomic E-state index is 0.0999. The smallest absolute Gasteiger partial charge is 0.231 e. The van der Waals surface area contributed by atoms with Gasteiger partial charge in [0.25, 0.3) is 0 Å².